The summed E-state index contributed by atoms with van der Waals surface area (Å²) < 4.78 is 128. The molecule has 0 saturated carbocycles. The first-order chi connectivity index (χ1) is 11.4. The van der Waals surface area contributed by atoms with E-state index in [2.05, 4.69) is 0 Å². The zero-order chi connectivity index (χ0) is 20.3. The third-order valence-electron chi connectivity index (χ3n) is 3.08. The van der Waals surface area contributed by atoms with Crippen LogP contribution in [0.3, 0.4) is 0 Å². The lowest BCUT2D eigenvalue weighted by Crippen LogP contribution is -2.15. The monoisotopic (exact) mass is 448 g/mol. The molecule has 0 aliphatic rings. The SMILES string of the molecule is O=S(=O)(O)c1ccc2cc(S(=O)(=O)O)c(S(=O)(=O)O)c(S(=O)(=O)O)c2c1. The summed E-state index contributed by atoms with van der Waals surface area (Å²) in [5.41, 5.74) is 0. The summed E-state index contributed by atoms with van der Waals surface area (Å²) in [5.74, 6) is 0. The number of hydrogen-bond donors (Lipinski definition) is 4. The minimum absolute atomic E-state index is 0.427. The zero-order valence-electron chi connectivity index (χ0n) is 12.0. The van der Waals surface area contributed by atoms with Gasteiger partial charge in [-0.3, -0.25) is 18.2 Å². The first-order valence-corrected chi connectivity index (χ1v) is 11.7. The summed E-state index contributed by atoms with van der Waals surface area (Å²) >= 11 is 0. The van der Waals surface area contributed by atoms with Gasteiger partial charge in [-0.2, -0.15) is 33.7 Å². The maximum atomic E-state index is 11.6. The standard InChI is InChI=1S/C10H8O12S4/c11-23(12,13)6-2-1-5-3-8(24(14,15)16)10(26(20,21)22)9(7(5)4-6)25(17,18)19/h1-4H,(H,11,12,13)(H,14,15,16)(H,17,18,19)(H,20,21,22). The van der Waals surface area contributed by atoms with Gasteiger partial charge in [0, 0.05) is 5.39 Å². The van der Waals surface area contributed by atoms with Crippen molar-refractivity contribution in [3.8, 4) is 0 Å². The van der Waals surface area contributed by atoms with Gasteiger partial charge < -0.3 is 0 Å². The lowest BCUT2D eigenvalue weighted by molar-refractivity contribution is 0.457. The molecule has 2 aromatic carbocycles. The Morgan fingerprint density at radius 3 is 1.46 bits per heavy atom. The maximum absolute atomic E-state index is 11.6. The molecule has 0 heterocycles. The molecule has 0 saturated heterocycles. The highest BCUT2D eigenvalue weighted by Crippen LogP contribution is 2.36. The van der Waals surface area contributed by atoms with E-state index in [-0.39, 0.29) is 0 Å². The molecule has 0 atom stereocenters. The highest BCUT2D eigenvalue weighted by atomic mass is 32.2. The number of hydrogen-bond acceptors (Lipinski definition) is 8. The van der Waals surface area contributed by atoms with Gasteiger partial charge in [-0.1, -0.05) is 6.07 Å². The van der Waals surface area contributed by atoms with Gasteiger partial charge in [0.2, 0.25) is 0 Å². The van der Waals surface area contributed by atoms with Crippen LogP contribution in [0.2, 0.25) is 0 Å². The fourth-order valence-corrected chi connectivity index (χ4v) is 6.05. The number of benzene rings is 2. The van der Waals surface area contributed by atoms with Gasteiger partial charge >= 0.3 is 0 Å². The van der Waals surface area contributed by atoms with E-state index >= 15 is 0 Å². The fraction of sp³-hybridized carbons (Fsp3) is 0. The molecule has 0 bridgehead atoms. The van der Waals surface area contributed by atoms with Crippen molar-refractivity contribution in [1.29, 1.82) is 0 Å². The summed E-state index contributed by atoms with van der Waals surface area (Å²) in [4.78, 5) is -6.08. The van der Waals surface area contributed by atoms with Gasteiger partial charge in [0.05, 0.1) is 4.90 Å². The number of rotatable bonds is 4. The third-order valence-corrected chi connectivity index (χ3v) is 6.94. The lowest BCUT2D eigenvalue weighted by atomic mass is 10.1. The Kier molecular flexibility index (Phi) is 4.71. The van der Waals surface area contributed by atoms with Crippen LogP contribution in [0, 0.1) is 0 Å². The van der Waals surface area contributed by atoms with Crippen molar-refractivity contribution in [2.24, 2.45) is 0 Å². The molecule has 0 aliphatic carbocycles. The van der Waals surface area contributed by atoms with Crippen LogP contribution in [0.25, 0.3) is 10.8 Å². The van der Waals surface area contributed by atoms with Gasteiger partial charge in [-0.25, -0.2) is 0 Å². The van der Waals surface area contributed by atoms with Crippen molar-refractivity contribution in [2.75, 3.05) is 0 Å². The average molecular weight is 448 g/mol. The molecular formula is C10H8O12S4. The van der Waals surface area contributed by atoms with Crippen molar-refractivity contribution < 1.29 is 51.9 Å². The molecule has 2 rings (SSSR count). The van der Waals surface area contributed by atoms with E-state index in [0.29, 0.717) is 18.2 Å². The molecule has 0 unspecified atom stereocenters. The molecule has 0 aliphatic heterocycles. The van der Waals surface area contributed by atoms with Crippen molar-refractivity contribution in [3.05, 3.63) is 24.3 Å². The summed E-state index contributed by atoms with van der Waals surface area (Å²) in [7, 11) is -21.6. The van der Waals surface area contributed by atoms with E-state index in [0.717, 1.165) is 6.07 Å². The molecular weight excluding hydrogens is 440 g/mol. The van der Waals surface area contributed by atoms with Gasteiger partial charge in [0.15, 0.2) is 0 Å². The number of fused-ring (bicyclic) bond motifs is 1. The third kappa shape index (κ3) is 3.86. The molecule has 0 aromatic heterocycles. The van der Waals surface area contributed by atoms with Crippen molar-refractivity contribution >= 4 is 51.2 Å². The molecule has 0 fully saturated rings. The second kappa shape index (κ2) is 5.92. The van der Waals surface area contributed by atoms with Crippen LogP contribution in [-0.2, 0) is 40.5 Å². The second-order valence-electron chi connectivity index (χ2n) is 4.82. The topological polar surface area (TPSA) is 217 Å². The van der Waals surface area contributed by atoms with Crippen molar-refractivity contribution in [2.45, 2.75) is 19.6 Å². The van der Waals surface area contributed by atoms with Crippen LogP contribution in [0.5, 0.6) is 0 Å². The summed E-state index contributed by atoms with van der Waals surface area (Å²) in [5, 5.41) is -1.31. The van der Waals surface area contributed by atoms with Crippen LogP contribution in [0.4, 0.5) is 0 Å². The normalized spacial score (nSPS) is 13.8. The Morgan fingerprint density at radius 2 is 1.08 bits per heavy atom. The molecule has 144 valence electrons. The van der Waals surface area contributed by atoms with E-state index in [1.165, 1.54) is 0 Å². The van der Waals surface area contributed by atoms with E-state index < -0.39 is 70.8 Å². The molecule has 16 heteroatoms. The minimum atomic E-state index is -5.66. The Morgan fingerprint density at radius 1 is 0.577 bits per heavy atom. The molecule has 0 spiro atoms. The highest BCUT2D eigenvalue weighted by molar-refractivity contribution is 7.90. The van der Waals surface area contributed by atoms with Gasteiger partial charge in [-0.05, 0) is 23.6 Å². The van der Waals surface area contributed by atoms with Crippen LogP contribution in [0.1, 0.15) is 0 Å². The quantitative estimate of drug-likeness (QED) is 0.448. The van der Waals surface area contributed by atoms with Gasteiger partial charge in [0.1, 0.15) is 14.7 Å². The van der Waals surface area contributed by atoms with Crippen molar-refractivity contribution in [1.82, 2.24) is 0 Å². The largest absolute Gasteiger partial charge is 0.297 e. The van der Waals surface area contributed by atoms with Crippen LogP contribution in [-0.4, -0.2) is 51.9 Å². The van der Waals surface area contributed by atoms with E-state index in [1.54, 1.807) is 0 Å². The molecule has 0 amide bonds. The Bertz CT molecular complexity index is 1350. The summed E-state index contributed by atoms with van der Waals surface area (Å²) in [6.45, 7) is 0. The maximum Gasteiger partial charge on any atom is 0.297 e. The van der Waals surface area contributed by atoms with E-state index in [4.69, 9.17) is 9.11 Å². The highest BCUT2D eigenvalue weighted by Gasteiger charge is 2.35. The Labute approximate surface area is 147 Å². The van der Waals surface area contributed by atoms with Gasteiger partial charge in [-0.15, -0.1) is 0 Å². The van der Waals surface area contributed by atoms with E-state index in [9.17, 15) is 42.8 Å². The second-order valence-corrected chi connectivity index (χ2v) is 10.3. The van der Waals surface area contributed by atoms with E-state index in [1.807, 2.05) is 0 Å². The average Bonchev–Trinajstić information content (AvgIpc) is 2.40. The molecule has 26 heavy (non-hydrogen) atoms. The summed E-state index contributed by atoms with van der Waals surface area (Å²) in [6.07, 6.45) is 0. The molecule has 4 N–H and O–H groups in total. The predicted molar refractivity (Wildman–Crippen MR) is 83.2 cm³/mol. The minimum Gasteiger partial charge on any atom is -0.282 e. The van der Waals surface area contributed by atoms with Crippen LogP contribution < -0.4 is 0 Å². The predicted octanol–water partition coefficient (Wildman–Crippen LogP) is -0.173. The zero-order valence-corrected chi connectivity index (χ0v) is 15.3. The molecule has 0 radical (unpaired) electrons. The smallest absolute Gasteiger partial charge is 0.282 e. The first kappa shape index (κ1) is 20.6. The lowest BCUT2D eigenvalue weighted by Gasteiger charge is -2.13. The molecule has 2 aromatic rings. The first-order valence-electron chi connectivity index (χ1n) is 5.95. The van der Waals surface area contributed by atoms with Gasteiger partial charge in [0.25, 0.3) is 40.5 Å². The summed E-state index contributed by atoms with van der Waals surface area (Å²) in [6, 6.07) is 2.34. The Balaban J connectivity index is 3.34. The van der Waals surface area contributed by atoms with Crippen LogP contribution in [0.15, 0.2) is 43.8 Å². The van der Waals surface area contributed by atoms with Crippen LogP contribution >= 0.6 is 0 Å². The van der Waals surface area contributed by atoms with Crippen molar-refractivity contribution in [3.63, 3.8) is 0 Å². The molecule has 12 nitrogen and oxygen atoms in total. The fourth-order valence-electron chi connectivity index (χ4n) is 2.15. The Hall–Kier alpha value is -1.66.